The van der Waals surface area contributed by atoms with Gasteiger partial charge >= 0.3 is 13.6 Å². The summed E-state index contributed by atoms with van der Waals surface area (Å²) in [5.41, 5.74) is 0. The molecule has 0 unspecified atom stereocenters. The summed E-state index contributed by atoms with van der Waals surface area (Å²) in [6.45, 7) is 3.54. The zero-order valence-corrected chi connectivity index (χ0v) is 9.37. The molecule has 0 aromatic heterocycles. The van der Waals surface area contributed by atoms with Gasteiger partial charge in [0.05, 0.1) is 12.1 Å². The molecule has 0 saturated heterocycles. The van der Waals surface area contributed by atoms with Crippen molar-refractivity contribution in [2.24, 2.45) is 5.92 Å². The largest absolute Gasteiger partial charge is 0.465 e. The minimum atomic E-state index is -4.05. The zero-order chi connectivity index (χ0) is 11.2. The summed E-state index contributed by atoms with van der Waals surface area (Å²) in [7, 11) is -4.05. The molecule has 0 aliphatic heterocycles. The van der Waals surface area contributed by atoms with E-state index in [0.29, 0.717) is 12.8 Å². The molecular formula is C8H17O5P. The summed E-state index contributed by atoms with van der Waals surface area (Å²) >= 11 is 0. The Morgan fingerprint density at radius 3 is 2.21 bits per heavy atom. The third-order valence-electron chi connectivity index (χ3n) is 1.95. The van der Waals surface area contributed by atoms with Gasteiger partial charge in [-0.3, -0.25) is 9.36 Å². The van der Waals surface area contributed by atoms with E-state index in [9.17, 15) is 9.36 Å². The van der Waals surface area contributed by atoms with Crippen LogP contribution in [0.15, 0.2) is 0 Å². The van der Waals surface area contributed by atoms with Crippen LogP contribution in [-0.2, 0) is 14.1 Å². The molecule has 0 saturated carbocycles. The highest BCUT2D eigenvalue weighted by Gasteiger charge is 2.18. The smallest absolute Gasteiger partial charge is 0.328 e. The van der Waals surface area contributed by atoms with Crippen molar-refractivity contribution in [2.75, 3.05) is 12.8 Å². The monoisotopic (exact) mass is 224 g/mol. The molecule has 14 heavy (non-hydrogen) atoms. The first-order chi connectivity index (χ1) is 6.40. The van der Waals surface area contributed by atoms with E-state index in [-0.39, 0.29) is 18.5 Å². The molecule has 0 aromatic rings. The average molecular weight is 224 g/mol. The molecule has 84 valence electrons. The van der Waals surface area contributed by atoms with Gasteiger partial charge in [0.1, 0.15) is 6.61 Å². The summed E-state index contributed by atoms with van der Waals surface area (Å²) in [4.78, 5) is 28.2. The van der Waals surface area contributed by atoms with Gasteiger partial charge in [-0.05, 0) is 12.8 Å². The third kappa shape index (κ3) is 6.13. The van der Waals surface area contributed by atoms with Crippen LogP contribution < -0.4 is 0 Å². The summed E-state index contributed by atoms with van der Waals surface area (Å²) in [5.74, 6) is -0.532. The van der Waals surface area contributed by atoms with E-state index in [1.54, 1.807) is 0 Å². The second-order valence-corrected chi connectivity index (χ2v) is 4.85. The molecule has 0 bridgehead atoms. The van der Waals surface area contributed by atoms with Gasteiger partial charge in [-0.15, -0.1) is 0 Å². The predicted molar refractivity (Wildman–Crippen MR) is 51.9 cm³/mol. The second kappa shape index (κ2) is 6.17. The normalized spacial score (nSPS) is 11.8. The third-order valence-corrected chi connectivity index (χ3v) is 2.71. The van der Waals surface area contributed by atoms with Gasteiger partial charge in [-0.2, -0.15) is 0 Å². The summed E-state index contributed by atoms with van der Waals surface area (Å²) in [5, 5.41) is 0. The lowest BCUT2D eigenvalue weighted by atomic mass is 10.0. The van der Waals surface area contributed by atoms with Gasteiger partial charge in [-0.1, -0.05) is 13.8 Å². The van der Waals surface area contributed by atoms with Crippen molar-refractivity contribution in [3.05, 3.63) is 0 Å². The van der Waals surface area contributed by atoms with E-state index in [1.807, 2.05) is 13.8 Å². The van der Waals surface area contributed by atoms with Crippen LogP contribution in [0.4, 0.5) is 0 Å². The summed E-state index contributed by atoms with van der Waals surface area (Å²) in [6.07, 6.45) is 0.968. The van der Waals surface area contributed by atoms with E-state index in [1.165, 1.54) is 0 Å². The molecule has 0 rings (SSSR count). The van der Waals surface area contributed by atoms with Crippen molar-refractivity contribution in [1.29, 1.82) is 0 Å². The summed E-state index contributed by atoms with van der Waals surface area (Å²) in [6, 6.07) is 0. The molecule has 0 aliphatic rings. The van der Waals surface area contributed by atoms with Gasteiger partial charge in [0, 0.05) is 0 Å². The average Bonchev–Trinajstić information content (AvgIpc) is 2.04. The van der Waals surface area contributed by atoms with Crippen molar-refractivity contribution < 1.29 is 23.9 Å². The zero-order valence-electron chi connectivity index (χ0n) is 8.47. The number of carbonyl (C=O) groups is 1. The van der Waals surface area contributed by atoms with Gasteiger partial charge in [-0.25, -0.2) is 0 Å². The minimum Gasteiger partial charge on any atom is -0.465 e. The Balaban J connectivity index is 3.79. The first kappa shape index (κ1) is 13.6. The van der Waals surface area contributed by atoms with E-state index in [2.05, 4.69) is 0 Å². The van der Waals surface area contributed by atoms with Crippen LogP contribution in [-0.4, -0.2) is 28.5 Å². The Bertz CT molecular complexity index is 218. The maximum atomic E-state index is 11.2. The van der Waals surface area contributed by atoms with Crippen LogP contribution in [0.5, 0.6) is 0 Å². The van der Waals surface area contributed by atoms with Gasteiger partial charge in [0.25, 0.3) is 0 Å². The molecule has 0 spiro atoms. The minimum absolute atomic E-state index is 0.160. The fraction of sp³-hybridized carbons (Fsp3) is 0.875. The SMILES string of the molecule is CCC(CC)C(=O)OCCP(=O)(O)O. The number of esters is 1. The quantitative estimate of drug-likeness (QED) is 0.522. The number of rotatable bonds is 6. The predicted octanol–water partition coefficient (Wildman–Crippen LogP) is 1.14. The Labute approximate surface area is 83.6 Å². The molecule has 0 aliphatic carbocycles. The lowest BCUT2D eigenvalue weighted by molar-refractivity contribution is -0.148. The Morgan fingerprint density at radius 2 is 1.86 bits per heavy atom. The second-order valence-electron chi connectivity index (χ2n) is 3.07. The molecule has 2 N–H and O–H groups in total. The van der Waals surface area contributed by atoms with Crippen LogP contribution in [0.2, 0.25) is 0 Å². The first-order valence-corrected chi connectivity index (χ1v) is 6.41. The molecule has 0 heterocycles. The van der Waals surface area contributed by atoms with Crippen molar-refractivity contribution in [3.8, 4) is 0 Å². The Morgan fingerprint density at radius 1 is 1.36 bits per heavy atom. The van der Waals surface area contributed by atoms with Crippen molar-refractivity contribution in [2.45, 2.75) is 26.7 Å². The fourth-order valence-corrected chi connectivity index (χ4v) is 1.33. The molecule has 0 radical (unpaired) electrons. The molecule has 0 atom stereocenters. The lowest BCUT2D eigenvalue weighted by Crippen LogP contribution is -2.18. The van der Waals surface area contributed by atoms with Crippen LogP contribution >= 0.6 is 7.60 Å². The van der Waals surface area contributed by atoms with Crippen LogP contribution in [0.3, 0.4) is 0 Å². The van der Waals surface area contributed by atoms with Crippen LogP contribution in [0, 0.1) is 5.92 Å². The summed E-state index contributed by atoms with van der Waals surface area (Å²) < 4.78 is 15.2. The number of carbonyl (C=O) groups excluding carboxylic acids is 1. The lowest BCUT2D eigenvalue weighted by Gasteiger charge is -2.11. The van der Waals surface area contributed by atoms with Crippen LogP contribution in [0.1, 0.15) is 26.7 Å². The maximum absolute atomic E-state index is 11.2. The topological polar surface area (TPSA) is 83.8 Å². The van der Waals surface area contributed by atoms with Crippen molar-refractivity contribution in [1.82, 2.24) is 0 Å². The highest BCUT2D eigenvalue weighted by molar-refractivity contribution is 7.51. The van der Waals surface area contributed by atoms with Crippen molar-refractivity contribution in [3.63, 3.8) is 0 Å². The first-order valence-electron chi connectivity index (χ1n) is 4.62. The van der Waals surface area contributed by atoms with Gasteiger partial charge in [0.15, 0.2) is 0 Å². The van der Waals surface area contributed by atoms with Gasteiger partial charge in [0.2, 0.25) is 0 Å². The molecular weight excluding hydrogens is 207 g/mol. The van der Waals surface area contributed by atoms with E-state index in [4.69, 9.17) is 14.5 Å². The molecule has 0 fully saturated rings. The standard InChI is InChI=1S/C8H17O5P/c1-3-7(4-2)8(9)13-5-6-14(10,11)12/h7H,3-6H2,1-2H3,(H2,10,11,12). The van der Waals surface area contributed by atoms with E-state index < -0.39 is 13.8 Å². The molecule has 6 heteroatoms. The Hall–Kier alpha value is -0.380. The van der Waals surface area contributed by atoms with Crippen molar-refractivity contribution >= 4 is 13.6 Å². The Kier molecular flexibility index (Phi) is 6.00. The highest BCUT2D eigenvalue weighted by atomic mass is 31.2. The van der Waals surface area contributed by atoms with Crippen LogP contribution in [0.25, 0.3) is 0 Å². The molecule has 5 nitrogen and oxygen atoms in total. The molecule has 0 aromatic carbocycles. The fourth-order valence-electron chi connectivity index (χ4n) is 1.01. The number of hydrogen-bond donors (Lipinski definition) is 2. The highest BCUT2D eigenvalue weighted by Crippen LogP contribution is 2.33. The van der Waals surface area contributed by atoms with E-state index >= 15 is 0 Å². The van der Waals surface area contributed by atoms with E-state index in [0.717, 1.165) is 0 Å². The molecule has 0 amide bonds. The number of ether oxygens (including phenoxy) is 1. The number of hydrogen-bond acceptors (Lipinski definition) is 3. The van der Waals surface area contributed by atoms with Gasteiger partial charge < -0.3 is 14.5 Å². The maximum Gasteiger partial charge on any atom is 0.328 e.